The van der Waals surface area contributed by atoms with Crippen LogP contribution in [0.25, 0.3) is 16.2 Å². The van der Waals surface area contributed by atoms with E-state index in [1.54, 1.807) is 17.3 Å². The number of alkyl halides is 3. The Labute approximate surface area is 190 Å². The van der Waals surface area contributed by atoms with Crippen molar-refractivity contribution in [3.63, 3.8) is 0 Å². The number of carbonyl (C=O) groups is 1. The Kier molecular flexibility index (Phi) is 5.57. The molecular weight excluding hydrogens is 453 g/mol. The van der Waals surface area contributed by atoms with Gasteiger partial charge in [0.05, 0.1) is 17.7 Å². The quantitative estimate of drug-likeness (QED) is 0.445. The fourth-order valence-electron chi connectivity index (χ4n) is 4.05. The summed E-state index contributed by atoms with van der Waals surface area (Å²) in [7, 11) is 0. The number of aromatic nitrogens is 5. The van der Waals surface area contributed by atoms with Crippen LogP contribution in [0, 0.1) is 0 Å². The van der Waals surface area contributed by atoms with Crippen LogP contribution in [0.2, 0.25) is 0 Å². The first kappa shape index (κ1) is 21.5. The fourth-order valence-corrected chi connectivity index (χ4v) is 4.86. The van der Waals surface area contributed by atoms with Gasteiger partial charge in [-0.2, -0.15) is 13.2 Å². The van der Waals surface area contributed by atoms with Crippen molar-refractivity contribution in [2.45, 2.75) is 31.4 Å². The molecular formula is C22H19F3N6OS. The predicted molar refractivity (Wildman–Crippen MR) is 116 cm³/mol. The van der Waals surface area contributed by atoms with Crippen molar-refractivity contribution < 1.29 is 18.0 Å². The van der Waals surface area contributed by atoms with Gasteiger partial charge in [-0.25, -0.2) is 4.98 Å². The maximum atomic E-state index is 13.2. The molecule has 4 aromatic heterocycles. The van der Waals surface area contributed by atoms with Crippen LogP contribution in [0.3, 0.4) is 0 Å². The number of amides is 1. The summed E-state index contributed by atoms with van der Waals surface area (Å²) in [5.41, 5.74) is 1.18. The van der Waals surface area contributed by atoms with E-state index in [4.69, 9.17) is 0 Å². The SMILES string of the molecule is O=C(Cc1csc(-c2cccnc2)n1)N1CCCC(c2nnc3ccc(C(F)(F)F)cn23)C1. The van der Waals surface area contributed by atoms with Gasteiger partial charge in [0.1, 0.15) is 10.8 Å². The number of fused-ring (bicyclic) bond motifs is 1. The molecule has 1 saturated heterocycles. The third-order valence-electron chi connectivity index (χ3n) is 5.69. The van der Waals surface area contributed by atoms with E-state index in [1.807, 2.05) is 17.5 Å². The third kappa shape index (κ3) is 4.45. The van der Waals surface area contributed by atoms with Gasteiger partial charge in [-0.15, -0.1) is 21.5 Å². The van der Waals surface area contributed by atoms with E-state index in [2.05, 4.69) is 20.2 Å². The van der Waals surface area contributed by atoms with E-state index in [0.29, 0.717) is 30.3 Å². The van der Waals surface area contributed by atoms with Crippen molar-refractivity contribution in [3.8, 4) is 10.6 Å². The Bertz CT molecular complexity index is 1290. The van der Waals surface area contributed by atoms with Crippen LogP contribution >= 0.6 is 11.3 Å². The van der Waals surface area contributed by atoms with Crippen LogP contribution < -0.4 is 0 Å². The number of rotatable bonds is 4. The van der Waals surface area contributed by atoms with Crippen molar-refractivity contribution in [1.29, 1.82) is 0 Å². The fraction of sp³-hybridized carbons (Fsp3) is 0.318. The summed E-state index contributed by atoms with van der Waals surface area (Å²) in [5, 5.41) is 10.8. The summed E-state index contributed by atoms with van der Waals surface area (Å²) in [6.07, 6.45) is 1.63. The van der Waals surface area contributed by atoms with Crippen molar-refractivity contribution in [1.82, 2.24) is 29.5 Å². The number of nitrogens with zero attached hydrogens (tertiary/aromatic N) is 6. The lowest BCUT2D eigenvalue weighted by atomic mass is 9.96. The molecule has 1 amide bonds. The van der Waals surface area contributed by atoms with Crippen molar-refractivity contribution in [2.75, 3.05) is 13.1 Å². The second-order valence-electron chi connectivity index (χ2n) is 7.94. The van der Waals surface area contributed by atoms with Gasteiger partial charge < -0.3 is 4.90 Å². The molecule has 1 aliphatic heterocycles. The monoisotopic (exact) mass is 472 g/mol. The molecule has 170 valence electrons. The second kappa shape index (κ2) is 8.54. The topological polar surface area (TPSA) is 76.3 Å². The average Bonchev–Trinajstić information content (AvgIpc) is 3.46. The van der Waals surface area contributed by atoms with E-state index >= 15 is 0 Å². The van der Waals surface area contributed by atoms with E-state index in [0.717, 1.165) is 35.7 Å². The third-order valence-corrected chi connectivity index (χ3v) is 6.63. The number of thiazole rings is 1. The zero-order valence-electron chi connectivity index (χ0n) is 17.4. The average molecular weight is 472 g/mol. The predicted octanol–water partition coefficient (Wildman–Crippen LogP) is 4.22. The molecule has 0 aliphatic carbocycles. The highest BCUT2D eigenvalue weighted by atomic mass is 32.1. The molecule has 1 atom stereocenters. The lowest BCUT2D eigenvalue weighted by Gasteiger charge is -2.32. The molecule has 0 N–H and O–H groups in total. The second-order valence-corrected chi connectivity index (χ2v) is 8.80. The van der Waals surface area contributed by atoms with Crippen molar-refractivity contribution in [2.24, 2.45) is 0 Å². The maximum absolute atomic E-state index is 13.2. The van der Waals surface area contributed by atoms with Gasteiger partial charge in [0.15, 0.2) is 5.65 Å². The van der Waals surface area contributed by atoms with Crippen LogP contribution in [-0.4, -0.2) is 48.5 Å². The summed E-state index contributed by atoms with van der Waals surface area (Å²) in [5.74, 6) is 0.191. The highest BCUT2D eigenvalue weighted by molar-refractivity contribution is 7.13. The Hall–Kier alpha value is -3.34. The van der Waals surface area contributed by atoms with Crippen molar-refractivity contribution in [3.05, 3.63) is 65.3 Å². The standard InChI is InChI=1S/C22H19F3N6OS/c23-22(24,25)16-5-6-18-28-29-20(31(18)12-16)15-4-2-8-30(11-15)19(32)9-17-13-33-21(27-17)14-3-1-7-26-10-14/h1,3,5-7,10,12-13,15H,2,4,8-9,11H2. The van der Waals surface area contributed by atoms with E-state index in [1.165, 1.54) is 21.8 Å². The molecule has 33 heavy (non-hydrogen) atoms. The molecule has 1 aliphatic rings. The first-order chi connectivity index (χ1) is 15.9. The van der Waals surface area contributed by atoms with Crippen LogP contribution in [0.5, 0.6) is 0 Å². The van der Waals surface area contributed by atoms with Gasteiger partial charge in [0.2, 0.25) is 5.91 Å². The molecule has 0 radical (unpaired) electrons. The van der Waals surface area contributed by atoms with Gasteiger partial charge in [0, 0.05) is 48.5 Å². The summed E-state index contributed by atoms with van der Waals surface area (Å²) >= 11 is 1.46. The zero-order valence-corrected chi connectivity index (χ0v) is 18.2. The molecule has 0 aromatic carbocycles. The summed E-state index contributed by atoms with van der Waals surface area (Å²) < 4.78 is 40.9. The lowest BCUT2D eigenvalue weighted by Crippen LogP contribution is -2.40. The number of piperidine rings is 1. The minimum absolute atomic E-state index is 0.0625. The number of pyridine rings is 2. The van der Waals surface area contributed by atoms with Gasteiger partial charge in [0.25, 0.3) is 0 Å². The van der Waals surface area contributed by atoms with Crippen LogP contribution in [0.15, 0.2) is 48.2 Å². The highest BCUT2D eigenvalue weighted by Crippen LogP contribution is 2.31. The molecule has 0 saturated carbocycles. The summed E-state index contributed by atoms with van der Waals surface area (Å²) in [6, 6.07) is 6.06. The Balaban J connectivity index is 1.31. The largest absolute Gasteiger partial charge is 0.417 e. The van der Waals surface area contributed by atoms with Crippen LogP contribution in [-0.2, 0) is 17.4 Å². The molecule has 1 fully saturated rings. The minimum Gasteiger partial charge on any atom is -0.342 e. The van der Waals surface area contributed by atoms with Crippen LogP contribution in [0.1, 0.15) is 35.8 Å². The molecule has 1 unspecified atom stereocenters. The molecule has 7 nitrogen and oxygen atoms in total. The smallest absolute Gasteiger partial charge is 0.342 e. The number of hydrogen-bond acceptors (Lipinski definition) is 6. The van der Waals surface area contributed by atoms with Gasteiger partial charge >= 0.3 is 6.18 Å². The van der Waals surface area contributed by atoms with E-state index in [9.17, 15) is 18.0 Å². The summed E-state index contributed by atoms with van der Waals surface area (Å²) in [6.45, 7) is 0.981. The molecule has 4 aromatic rings. The maximum Gasteiger partial charge on any atom is 0.417 e. The molecule has 11 heteroatoms. The zero-order chi connectivity index (χ0) is 23.0. The van der Waals surface area contributed by atoms with Gasteiger partial charge in [-0.3, -0.25) is 14.2 Å². The van der Waals surface area contributed by atoms with Crippen molar-refractivity contribution >= 4 is 22.9 Å². The minimum atomic E-state index is -4.45. The van der Waals surface area contributed by atoms with E-state index < -0.39 is 11.7 Å². The number of likely N-dealkylation sites (tertiary alicyclic amines) is 1. The first-order valence-electron chi connectivity index (χ1n) is 10.4. The Morgan fingerprint density at radius 1 is 1.21 bits per heavy atom. The Morgan fingerprint density at radius 3 is 2.88 bits per heavy atom. The Morgan fingerprint density at radius 2 is 2.09 bits per heavy atom. The normalized spacial score (nSPS) is 16.9. The highest BCUT2D eigenvalue weighted by Gasteiger charge is 2.33. The summed E-state index contributed by atoms with van der Waals surface area (Å²) in [4.78, 5) is 23.4. The van der Waals surface area contributed by atoms with Gasteiger partial charge in [-0.05, 0) is 37.1 Å². The first-order valence-corrected chi connectivity index (χ1v) is 11.3. The van der Waals surface area contributed by atoms with E-state index in [-0.39, 0.29) is 18.2 Å². The molecule has 5 heterocycles. The number of carbonyl (C=O) groups excluding carboxylic acids is 1. The number of hydrogen-bond donors (Lipinski definition) is 0. The molecule has 0 spiro atoms. The molecule has 0 bridgehead atoms. The van der Waals surface area contributed by atoms with Crippen LogP contribution in [0.4, 0.5) is 13.2 Å². The molecule has 5 rings (SSSR count). The number of halogens is 3. The lowest BCUT2D eigenvalue weighted by molar-refractivity contribution is -0.137. The van der Waals surface area contributed by atoms with Gasteiger partial charge in [-0.1, -0.05) is 0 Å².